The van der Waals surface area contributed by atoms with Gasteiger partial charge in [0.1, 0.15) is 5.75 Å². The molecule has 8 heteroatoms. The van der Waals surface area contributed by atoms with Crippen LogP contribution in [0.25, 0.3) is 0 Å². The van der Waals surface area contributed by atoms with Crippen molar-refractivity contribution in [2.75, 3.05) is 26.3 Å². The van der Waals surface area contributed by atoms with Crippen molar-refractivity contribution in [2.24, 2.45) is 0 Å². The van der Waals surface area contributed by atoms with Gasteiger partial charge in [0.15, 0.2) is 13.2 Å². The fourth-order valence-corrected chi connectivity index (χ4v) is 1.54. The smallest absolute Gasteiger partial charge is 0.344 e. The van der Waals surface area contributed by atoms with E-state index >= 15 is 0 Å². The fraction of sp³-hybridized carbons (Fsp3) is 0.400. The van der Waals surface area contributed by atoms with E-state index < -0.39 is 18.5 Å². The fourth-order valence-electron chi connectivity index (χ4n) is 1.42. The van der Waals surface area contributed by atoms with Crippen LogP contribution in [0.4, 0.5) is 0 Å². The molecule has 0 aromatic heterocycles. The summed E-state index contributed by atoms with van der Waals surface area (Å²) in [5.41, 5.74) is 0. The summed E-state index contributed by atoms with van der Waals surface area (Å²) in [6, 6.07) is 6.47. The number of ether oxygens (including phenoxy) is 2. The summed E-state index contributed by atoms with van der Waals surface area (Å²) in [7, 11) is 0. The summed E-state index contributed by atoms with van der Waals surface area (Å²) in [5, 5.41) is 5.50. The highest BCUT2D eigenvalue weighted by Crippen LogP contribution is 2.15. The first-order valence-corrected chi connectivity index (χ1v) is 7.46. The Morgan fingerprint density at radius 3 is 2.39 bits per heavy atom. The van der Waals surface area contributed by atoms with Gasteiger partial charge < -0.3 is 20.1 Å². The van der Waals surface area contributed by atoms with Crippen LogP contribution in [0.3, 0.4) is 0 Å². The zero-order valence-corrected chi connectivity index (χ0v) is 13.5. The van der Waals surface area contributed by atoms with Crippen molar-refractivity contribution in [1.82, 2.24) is 10.6 Å². The standard InChI is InChI=1S/C15H19ClN2O5/c1-2-7-17-13(19)8-18-14(20)9-23-15(21)10-22-12-5-3-11(16)4-6-12/h3-6H,2,7-10H2,1H3,(H,17,19)(H,18,20). The molecule has 0 bridgehead atoms. The Bertz CT molecular complexity index is 533. The molecule has 7 nitrogen and oxygen atoms in total. The van der Waals surface area contributed by atoms with Gasteiger partial charge in [-0.1, -0.05) is 18.5 Å². The van der Waals surface area contributed by atoms with Crippen LogP contribution in [0.15, 0.2) is 24.3 Å². The Kier molecular flexibility index (Phi) is 8.52. The summed E-state index contributed by atoms with van der Waals surface area (Å²) >= 11 is 5.72. The molecule has 2 amide bonds. The Balaban J connectivity index is 2.16. The van der Waals surface area contributed by atoms with E-state index in [-0.39, 0.29) is 19.1 Å². The summed E-state index contributed by atoms with van der Waals surface area (Å²) in [5.74, 6) is -1.08. The molecule has 0 atom stereocenters. The summed E-state index contributed by atoms with van der Waals surface area (Å²) in [4.78, 5) is 34.1. The SMILES string of the molecule is CCCNC(=O)CNC(=O)COC(=O)COc1ccc(Cl)cc1. The van der Waals surface area contributed by atoms with Gasteiger partial charge in [0, 0.05) is 11.6 Å². The molecule has 0 heterocycles. The van der Waals surface area contributed by atoms with Crippen LogP contribution in [-0.2, 0) is 19.1 Å². The van der Waals surface area contributed by atoms with Gasteiger partial charge in [0.2, 0.25) is 5.91 Å². The molecule has 0 spiro atoms. The first-order valence-electron chi connectivity index (χ1n) is 7.08. The average molecular weight is 343 g/mol. The van der Waals surface area contributed by atoms with Gasteiger partial charge in [-0.3, -0.25) is 9.59 Å². The third-order valence-electron chi connectivity index (χ3n) is 2.55. The molecule has 0 aliphatic rings. The molecule has 0 unspecified atom stereocenters. The molecule has 0 aliphatic heterocycles. The number of nitrogens with one attached hydrogen (secondary N) is 2. The Labute approximate surface area is 139 Å². The van der Waals surface area contributed by atoms with Crippen LogP contribution in [0.2, 0.25) is 5.02 Å². The number of esters is 1. The van der Waals surface area contributed by atoms with Crippen LogP contribution >= 0.6 is 11.6 Å². The number of carbonyl (C=O) groups is 3. The minimum atomic E-state index is -0.689. The van der Waals surface area contributed by atoms with Gasteiger partial charge >= 0.3 is 5.97 Å². The van der Waals surface area contributed by atoms with Crippen molar-refractivity contribution in [1.29, 1.82) is 0 Å². The summed E-state index contributed by atoms with van der Waals surface area (Å²) < 4.78 is 9.90. The molecule has 0 saturated heterocycles. The molecule has 0 saturated carbocycles. The first-order chi connectivity index (χ1) is 11.0. The minimum Gasteiger partial charge on any atom is -0.482 e. The predicted octanol–water partition coefficient (Wildman–Crippen LogP) is 0.904. The normalized spacial score (nSPS) is 9.83. The highest BCUT2D eigenvalue weighted by molar-refractivity contribution is 6.30. The van der Waals surface area contributed by atoms with Gasteiger partial charge in [-0.15, -0.1) is 0 Å². The highest BCUT2D eigenvalue weighted by Gasteiger charge is 2.09. The van der Waals surface area contributed by atoms with E-state index in [1.54, 1.807) is 24.3 Å². The number of carbonyl (C=O) groups excluding carboxylic acids is 3. The van der Waals surface area contributed by atoms with Gasteiger partial charge in [0.05, 0.1) is 6.54 Å². The van der Waals surface area contributed by atoms with Crippen molar-refractivity contribution in [3.05, 3.63) is 29.3 Å². The molecular weight excluding hydrogens is 324 g/mol. The molecule has 0 aliphatic carbocycles. The van der Waals surface area contributed by atoms with Crippen molar-refractivity contribution in [3.63, 3.8) is 0 Å². The van der Waals surface area contributed by atoms with Crippen LogP contribution in [0.5, 0.6) is 5.75 Å². The van der Waals surface area contributed by atoms with Crippen molar-refractivity contribution >= 4 is 29.4 Å². The number of amides is 2. The number of halogens is 1. The largest absolute Gasteiger partial charge is 0.482 e. The van der Waals surface area contributed by atoms with Crippen LogP contribution in [-0.4, -0.2) is 44.1 Å². The average Bonchev–Trinajstić information content (AvgIpc) is 2.55. The number of benzene rings is 1. The highest BCUT2D eigenvalue weighted by atomic mass is 35.5. The quantitative estimate of drug-likeness (QED) is 0.650. The van der Waals surface area contributed by atoms with Crippen LogP contribution in [0, 0.1) is 0 Å². The Morgan fingerprint density at radius 1 is 1.04 bits per heavy atom. The molecule has 1 aromatic rings. The second-order valence-electron chi connectivity index (χ2n) is 4.53. The number of hydrogen-bond donors (Lipinski definition) is 2. The lowest BCUT2D eigenvalue weighted by molar-refractivity contribution is -0.150. The summed E-state index contributed by atoms with van der Waals surface area (Å²) in [6.07, 6.45) is 0.810. The van der Waals surface area contributed by atoms with Crippen molar-refractivity contribution in [3.8, 4) is 5.75 Å². The Hall–Kier alpha value is -2.28. The van der Waals surface area contributed by atoms with E-state index in [0.717, 1.165) is 6.42 Å². The molecule has 1 aromatic carbocycles. The molecule has 2 N–H and O–H groups in total. The van der Waals surface area contributed by atoms with Gasteiger partial charge in [0.25, 0.3) is 5.91 Å². The van der Waals surface area contributed by atoms with E-state index in [4.69, 9.17) is 21.1 Å². The maximum Gasteiger partial charge on any atom is 0.344 e. The van der Waals surface area contributed by atoms with Gasteiger partial charge in [-0.25, -0.2) is 4.79 Å². The topological polar surface area (TPSA) is 93.7 Å². The lowest BCUT2D eigenvalue weighted by Gasteiger charge is -2.08. The van der Waals surface area contributed by atoms with Gasteiger partial charge in [-0.05, 0) is 30.7 Å². The van der Waals surface area contributed by atoms with E-state index in [1.165, 1.54) is 0 Å². The first kappa shape index (κ1) is 18.8. The summed E-state index contributed by atoms with van der Waals surface area (Å²) in [6.45, 7) is 1.52. The van der Waals surface area contributed by atoms with E-state index in [0.29, 0.717) is 17.3 Å². The third-order valence-corrected chi connectivity index (χ3v) is 2.80. The second kappa shape index (κ2) is 10.4. The van der Waals surface area contributed by atoms with Crippen molar-refractivity contribution in [2.45, 2.75) is 13.3 Å². The third kappa shape index (κ3) is 8.67. The maximum atomic E-state index is 11.4. The van der Waals surface area contributed by atoms with Crippen LogP contribution < -0.4 is 15.4 Å². The Morgan fingerprint density at radius 2 is 1.74 bits per heavy atom. The molecule has 0 radical (unpaired) electrons. The number of hydrogen-bond acceptors (Lipinski definition) is 5. The molecular formula is C15H19ClN2O5. The zero-order chi connectivity index (χ0) is 17.1. The van der Waals surface area contributed by atoms with E-state index in [9.17, 15) is 14.4 Å². The lowest BCUT2D eigenvalue weighted by Crippen LogP contribution is -2.39. The molecule has 0 fully saturated rings. The monoisotopic (exact) mass is 342 g/mol. The predicted molar refractivity (Wildman–Crippen MR) is 84.2 cm³/mol. The van der Waals surface area contributed by atoms with Crippen molar-refractivity contribution < 1.29 is 23.9 Å². The van der Waals surface area contributed by atoms with E-state index in [1.807, 2.05) is 6.92 Å². The minimum absolute atomic E-state index is 0.155. The second-order valence-corrected chi connectivity index (χ2v) is 4.97. The van der Waals surface area contributed by atoms with Gasteiger partial charge in [-0.2, -0.15) is 0 Å². The molecule has 23 heavy (non-hydrogen) atoms. The maximum absolute atomic E-state index is 11.4. The zero-order valence-electron chi connectivity index (χ0n) is 12.8. The molecule has 1 rings (SSSR count). The van der Waals surface area contributed by atoms with Crippen LogP contribution in [0.1, 0.15) is 13.3 Å². The number of rotatable bonds is 9. The lowest BCUT2D eigenvalue weighted by atomic mass is 10.3. The van der Waals surface area contributed by atoms with E-state index in [2.05, 4.69) is 10.6 Å². The molecule has 126 valence electrons.